The van der Waals surface area contributed by atoms with Crippen molar-refractivity contribution in [2.75, 3.05) is 0 Å². The highest BCUT2D eigenvalue weighted by Gasteiger charge is 2.33. The molecule has 0 saturated carbocycles. The van der Waals surface area contributed by atoms with E-state index >= 15 is 0 Å². The first-order valence-corrected chi connectivity index (χ1v) is 10.8. The number of ether oxygens (including phenoxy) is 1. The molecule has 0 aromatic heterocycles. The number of fused-ring (bicyclic) bond motifs is 1. The molecule has 1 aromatic rings. The highest BCUT2D eigenvalue weighted by molar-refractivity contribution is 5.56. The summed E-state index contributed by atoms with van der Waals surface area (Å²) in [5.74, 6) is 3.94. The standard InChI is InChI=1S/C24H36O2/c1-5-7-8-11-16(3)17(4)18-14-21(25)24-19(6-2)20-12-9-10-13-22(20)26-23(24)15-18/h14-17,19,25H,5-13H2,1-4H3. The lowest BCUT2D eigenvalue weighted by Gasteiger charge is -2.34. The molecule has 0 spiro atoms. The van der Waals surface area contributed by atoms with E-state index in [1.54, 1.807) is 0 Å². The highest BCUT2D eigenvalue weighted by atomic mass is 16.5. The molecular weight excluding hydrogens is 320 g/mol. The van der Waals surface area contributed by atoms with E-state index in [0.29, 0.717) is 23.5 Å². The molecule has 1 heterocycles. The Kier molecular flexibility index (Phi) is 6.32. The van der Waals surface area contributed by atoms with Crippen molar-refractivity contribution in [1.29, 1.82) is 0 Å². The fourth-order valence-corrected chi connectivity index (χ4v) is 4.77. The summed E-state index contributed by atoms with van der Waals surface area (Å²) in [6.07, 6.45) is 10.8. The van der Waals surface area contributed by atoms with Crippen molar-refractivity contribution < 1.29 is 9.84 Å². The van der Waals surface area contributed by atoms with Gasteiger partial charge in [0.25, 0.3) is 0 Å². The van der Waals surface area contributed by atoms with E-state index in [2.05, 4.69) is 33.8 Å². The maximum absolute atomic E-state index is 10.9. The molecule has 2 nitrogen and oxygen atoms in total. The molecule has 26 heavy (non-hydrogen) atoms. The second-order valence-corrected chi connectivity index (χ2v) is 8.43. The van der Waals surface area contributed by atoms with Gasteiger partial charge in [0, 0.05) is 17.9 Å². The van der Waals surface area contributed by atoms with Crippen LogP contribution in [-0.2, 0) is 0 Å². The molecule has 0 radical (unpaired) electrons. The van der Waals surface area contributed by atoms with Crippen LogP contribution in [0.5, 0.6) is 11.5 Å². The third-order valence-electron chi connectivity index (χ3n) is 6.65. The van der Waals surface area contributed by atoms with Crippen molar-refractivity contribution in [3.8, 4) is 11.5 Å². The SMILES string of the molecule is CCCCCC(C)C(C)c1cc(O)c2c(c1)OC1=C(CCCC1)C2CC. The van der Waals surface area contributed by atoms with Gasteiger partial charge in [-0.2, -0.15) is 0 Å². The van der Waals surface area contributed by atoms with Crippen molar-refractivity contribution in [3.05, 3.63) is 34.6 Å². The Balaban J connectivity index is 1.87. The summed E-state index contributed by atoms with van der Waals surface area (Å²) in [5, 5.41) is 10.9. The van der Waals surface area contributed by atoms with Crippen molar-refractivity contribution >= 4 is 0 Å². The van der Waals surface area contributed by atoms with Crippen LogP contribution in [0.15, 0.2) is 23.5 Å². The van der Waals surface area contributed by atoms with Crippen LogP contribution in [0.2, 0.25) is 0 Å². The molecule has 0 amide bonds. The molecule has 0 bridgehead atoms. The molecule has 2 heteroatoms. The summed E-state index contributed by atoms with van der Waals surface area (Å²) in [5.41, 5.74) is 3.69. The Hall–Kier alpha value is -1.44. The second kappa shape index (κ2) is 8.50. The summed E-state index contributed by atoms with van der Waals surface area (Å²) >= 11 is 0. The fraction of sp³-hybridized carbons (Fsp3) is 0.667. The quantitative estimate of drug-likeness (QED) is 0.515. The van der Waals surface area contributed by atoms with Gasteiger partial charge in [0.1, 0.15) is 17.3 Å². The first-order chi connectivity index (χ1) is 12.6. The summed E-state index contributed by atoms with van der Waals surface area (Å²) in [4.78, 5) is 0. The van der Waals surface area contributed by atoms with Crippen LogP contribution in [0.3, 0.4) is 0 Å². The monoisotopic (exact) mass is 356 g/mol. The van der Waals surface area contributed by atoms with Crippen molar-refractivity contribution in [3.63, 3.8) is 0 Å². The van der Waals surface area contributed by atoms with Gasteiger partial charge >= 0.3 is 0 Å². The van der Waals surface area contributed by atoms with Crippen LogP contribution in [0, 0.1) is 5.92 Å². The minimum absolute atomic E-state index is 0.334. The van der Waals surface area contributed by atoms with Crippen molar-refractivity contribution in [2.45, 2.75) is 97.3 Å². The van der Waals surface area contributed by atoms with Crippen molar-refractivity contribution in [1.82, 2.24) is 0 Å². The van der Waals surface area contributed by atoms with E-state index in [4.69, 9.17) is 4.74 Å². The molecule has 3 rings (SSSR count). The van der Waals surface area contributed by atoms with Gasteiger partial charge in [-0.05, 0) is 60.8 Å². The molecule has 2 aliphatic rings. The zero-order valence-corrected chi connectivity index (χ0v) is 17.1. The van der Waals surface area contributed by atoms with Gasteiger partial charge in [-0.3, -0.25) is 0 Å². The minimum Gasteiger partial charge on any atom is -0.507 e. The molecule has 144 valence electrons. The zero-order valence-electron chi connectivity index (χ0n) is 17.1. The number of aromatic hydroxyl groups is 1. The average Bonchev–Trinajstić information content (AvgIpc) is 2.65. The Labute approximate surface area is 159 Å². The molecule has 1 N–H and O–H groups in total. The summed E-state index contributed by atoms with van der Waals surface area (Å²) < 4.78 is 6.34. The van der Waals surface area contributed by atoms with Crippen LogP contribution in [-0.4, -0.2) is 5.11 Å². The predicted molar refractivity (Wildman–Crippen MR) is 109 cm³/mol. The fourth-order valence-electron chi connectivity index (χ4n) is 4.77. The molecule has 1 aliphatic carbocycles. The largest absolute Gasteiger partial charge is 0.507 e. The number of allylic oxidation sites excluding steroid dienone is 2. The normalized spacial score (nSPS) is 21.6. The smallest absolute Gasteiger partial charge is 0.134 e. The van der Waals surface area contributed by atoms with Gasteiger partial charge in [-0.15, -0.1) is 0 Å². The average molecular weight is 357 g/mol. The zero-order chi connectivity index (χ0) is 18.7. The molecule has 0 fully saturated rings. The third kappa shape index (κ3) is 3.80. The van der Waals surface area contributed by atoms with Crippen LogP contribution >= 0.6 is 0 Å². The third-order valence-corrected chi connectivity index (χ3v) is 6.65. The maximum atomic E-state index is 10.9. The number of phenolic OH excluding ortho intramolecular Hbond substituents is 1. The summed E-state index contributed by atoms with van der Waals surface area (Å²) in [6.45, 7) is 9.12. The number of phenols is 1. The number of hydrogen-bond acceptors (Lipinski definition) is 2. The van der Waals surface area contributed by atoms with E-state index in [-0.39, 0.29) is 0 Å². The second-order valence-electron chi connectivity index (χ2n) is 8.43. The number of rotatable bonds is 7. The minimum atomic E-state index is 0.334. The lowest BCUT2D eigenvalue weighted by Crippen LogP contribution is -2.19. The first-order valence-electron chi connectivity index (χ1n) is 10.8. The molecule has 3 unspecified atom stereocenters. The first kappa shape index (κ1) is 19.3. The van der Waals surface area contributed by atoms with Gasteiger partial charge in [-0.25, -0.2) is 0 Å². The summed E-state index contributed by atoms with van der Waals surface area (Å²) in [6, 6.07) is 4.23. The van der Waals surface area contributed by atoms with Gasteiger partial charge < -0.3 is 9.84 Å². The maximum Gasteiger partial charge on any atom is 0.134 e. The van der Waals surface area contributed by atoms with Crippen LogP contribution in [0.1, 0.15) is 108 Å². The number of benzene rings is 1. The molecular formula is C24H36O2. The van der Waals surface area contributed by atoms with Gasteiger partial charge in [-0.1, -0.05) is 53.4 Å². The topological polar surface area (TPSA) is 29.5 Å². The number of hydrogen-bond donors (Lipinski definition) is 1. The Morgan fingerprint density at radius 2 is 1.88 bits per heavy atom. The lowest BCUT2D eigenvalue weighted by molar-refractivity contribution is 0.333. The Morgan fingerprint density at radius 1 is 1.12 bits per heavy atom. The number of unbranched alkanes of at least 4 members (excludes halogenated alkanes) is 2. The predicted octanol–water partition coefficient (Wildman–Crippen LogP) is 7.43. The Bertz CT molecular complexity index is 658. The lowest BCUT2D eigenvalue weighted by atomic mass is 9.78. The van der Waals surface area contributed by atoms with Crippen LogP contribution in [0.4, 0.5) is 0 Å². The van der Waals surface area contributed by atoms with Crippen LogP contribution in [0.25, 0.3) is 0 Å². The van der Waals surface area contributed by atoms with E-state index < -0.39 is 0 Å². The highest BCUT2D eigenvalue weighted by Crippen LogP contribution is 2.50. The Morgan fingerprint density at radius 3 is 2.62 bits per heavy atom. The van der Waals surface area contributed by atoms with Gasteiger partial charge in [0.2, 0.25) is 0 Å². The van der Waals surface area contributed by atoms with E-state index in [9.17, 15) is 5.11 Å². The van der Waals surface area contributed by atoms with E-state index in [0.717, 1.165) is 30.6 Å². The van der Waals surface area contributed by atoms with Gasteiger partial charge in [0.15, 0.2) is 0 Å². The molecule has 1 aromatic carbocycles. The van der Waals surface area contributed by atoms with Crippen LogP contribution < -0.4 is 4.74 Å². The summed E-state index contributed by atoms with van der Waals surface area (Å²) in [7, 11) is 0. The molecule has 0 saturated heterocycles. The van der Waals surface area contributed by atoms with Crippen molar-refractivity contribution in [2.24, 2.45) is 5.92 Å². The molecule has 3 atom stereocenters. The molecule has 1 aliphatic heterocycles. The van der Waals surface area contributed by atoms with E-state index in [1.165, 1.54) is 55.4 Å². The van der Waals surface area contributed by atoms with Gasteiger partial charge in [0.05, 0.1) is 0 Å². The van der Waals surface area contributed by atoms with E-state index in [1.807, 2.05) is 6.07 Å².